The van der Waals surface area contributed by atoms with Crippen LogP contribution in [0.15, 0.2) is 59.3 Å². The number of carbonyl (C=O) groups excluding carboxylic acids is 1. The van der Waals surface area contributed by atoms with Crippen molar-refractivity contribution >= 4 is 5.97 Å². The summed E-state index contributed by atoms with van der Waals surface area (Å²) in [6, 6.07) is 0. The second kappa shape index (κ2) is 22.6. The molecule has 4 saturated heterocycles. The summed E-state index contributed by atoms with van der Waals surface area (Å²) in [6.45, 7) is 15.1. The van der Waals surface area contributed by atoms with Crippen LogP contribution < -0.4 is 0 Å². The highest BCUT2D eigenvalue weighted by Crippen LogP contribution is 2.46. The van der Waals surface area contributed by atoms with Crippen molar-refractivity contribution in [3.63, 3.8) is 0 Å². The lowest BCUT2D eigenvalue weighted by atomic mass is 9.71. The molecule has 3 unspecified atom stereocenters. The van der Waals surface area contributed by atoms with E-state index < -0.39 is 78.4 Å². The Morgan fingerprint density at radius 3 is 2.33 bits per heavy atom. The van der Waals surface area contributed by atoms with Gasteiger partial charge in [-0.05, 0) is 76.5 Å². The van der Waals surface area contributed by atoms with Gasteiger partial charge in [0, 0.05) is 51.7 Å². The number of aliphatic hydroxyl groups is 3. The normalized spacial score (nSPS) is 46.8. The van der Waals surface area contributed by atoms with Gasteiger partial charge in [0.15, 0.2) is 12.1 Å². The molecule has 5 fully saturated rings. The maximum atomic E-state index is 13.7. The minimum atomic E-state index is -1.77. The van der Waals surface area contributed by atoms with Crippen molar-refractivity contribution in [3.8, 4) is 0 Å². The van der Waals surface area contributed by atoms with Gasteiger partial charge in [-0.2, -0.15) is 0 Å². The summed E-state index contributed by atoms with van der Waals surface area (Å²) >= 11 is 0. The average molecular weight is 929 g/mol. The lowest BCUT2D eigenvalue weighted by molar-refractivity contribution is -0.350. The van der Waals surface area contributed by atoms with Gasteiger partial charge in [-0.3, -0.25) is 4.79 Å². The number of rotatable bonds is 7. The summed E-state index contributed by atoms with van der Waals surface area (Å²) in [5, 5.41) is 33.6. The molecule has 372 valence electrons. The first-order chi connectivity index (χ1) is 31.5. The second-order valence-electron chi connectivity index (χ2n) is 20.4. The third kappa shape index (κ3) is 11.6. The molecule has 0 spiro atoms. The van der Waals surface area contributed by atoms with Crippen molar-refractivity contribution < 1.29 is 67.5 Å². The van der Waals surface area contributed by atoms with Crippen LogP contribution in [0.3, 0.4) is 0 Å². The van der Waals surface area contributed by atoms with Crippen molar-refractivity contribution in [3.05, 3.63) is 59.3 Å². The Morgan fingerprint density at radius 1 is 0.848 bits per heavy atom. The van der Waals surface area contributed by atoms with E-state index in [-0.39, 0.29) is 30.8 Å². The fourth-order valence-corrected chi connectivity index (χ4v) is 11.6. The molecule has 14 heteroatoms. The molecular weight excluding hydrogens is 849 g/mol. The Labute approximate surface area is 393 Å². The number of esters is 1. The van der Waals surface area contributed by atoms with Gasteiger partial charge in [0.05, 0.1) is 62.5 Å². The van der Waals surface area contributed by atoms with E-state index in [9.17, 15) is 20.1 Å². The highest BCUT2D eigenvalue weighted by Gasteiger charge is 2.60. The molecule has 3 N–H and O–H groups in total. The molecule has 2 aliphatic carbocycles. The molecule has 8 aliphatic rings. The van der Waals surface area contributed by atoms with Crippen molar-refractivity contribution in [2.75, 3.05) is 34.0 Å². The molecule has 0 aromatic rings. The zero-order valence-electron chi connectivity index (χ0n) is 40.9. The predicted octanol–water partition coefficient (Wildman–Crippen LogP) is 6.59. The standard InChI is InChI=1S/C40H60O13.C12H20O/c1-21-10-9-11-26-20-48-37-33(41)23(3)16-29(40(26,37)44)38(43)50-28-14-15-47-27(17-28)13-12-22(2)35(21)53-39(6)19-31(46-8)36(25(5)52-39)51-32-18-30(45-7)34(42)24(4)49-32;1-10-6-5-9-13-12(10)11-7-3-2-4-8-11/h9-12,16,21,24-25,27-37,41-42,44H,13-15,17-20H2,1-8H3;5-6,10-12H,2-4,7-9H2,1H3/b10-9+,22-12+,26-11+;/t21-,24-,25-,27+,28+,29-,30-,31-,32?,33+,34-,35?,36-,37+,39-,40?;10-,12-/m00/s1. The van der Waals surface area contributed by atoms with Gasteiger partial charge in [0.25, 0.3) is 0 Å². The van der Waals surface area contributed by atoms with Crippen LogP contribution in [-0.2, 0) is 52.2 Å². The Kier molecular flexibility index (Phi) is 17.7. The summed E-state index contributed by atoms with van der Waals surface area (Å²) < 4.78 is 61.4. The van der Waals surface area contributed by atoms with Crippen LogP contribution >= 0.6 is 0 Å². The fourth-order valence-electron chi connectivity index (χ4n) is 11.6. The first-order valence-corrected chi connectivity index (χ1v) is 24.8. The monoisotopic (exact) mass is 929 g/mol. The Hall–Kier alpha value is -2.31. The summed E-state index contributed by atoms with van der Waals surface area (Å²) in [4.78, 5) is 13.7. The van der Waals surface area contributed by atoms with E-state index in [1.54, 1.807) is 40.2 Å². The molecule has 2 bridgehead atoms. The van der Waals surface area contributed by atoms with Crippen LogP contribution in [0, 0.1) is 23.7 Å². The lowest BCUT2D eigenvalue weighted by Crippen LogP contribution is -2.58. The number of methoxy groups -OCH3 is 2. The number of ether oxygens (including phenoxy) is 10. The fraction of sp³-hybridized carbons (Fsp3) is 0.788. The van der Waals surface area contributed by atoms with E-state index in [1.165, 1.54) is 32.1 Å². The average Bonchev–Trinajstić information content (AvgIpc) is 3.64. The Morgan fingerprint density at radius 2 is 1.61 bits per heavy atom. The number of allylic oxidation sites excluding steroid dienone is 2. The number of fused-ring (bicyclic) bond motifs is 2. The summed E-state index contributed by atoms with van der Waals surface area (Å²) in [6.07, 6.45) is 17.3. The van der Waals surface area contributed by atoms with Crippen molar-refractivity contribution in [1.29, 1.82) is 0 Å². The van der Waals surface area contributed by atoms with Gasteiger partial charge in [-0.1, -0.05) is 75.6 Å². The number of carbonyl (C=O) groups is 1. The molecule has 0 radical (unpaired) electrons. The van der Waals surface area contributed by atoms with Crippen molar-refractivity contribution in [1.82, 2.24) is 0 Å². The lowest BCUT2D eigenvalue weighted by Gasteiger charge is -2.48. The molecule has 66 heavy (non-hydrogen) atoms. The van der Waals surface area contributed by atoms with Gasteiger partial charge in [0.1, 0.15) is 42.0 Å². The number of hydrogen-bond donors (Lipinski definition) is 3. The van der Waals surface area contributed by atoms with Gasteiger partial charge >= 0.3 is 5.97 Å². The van der Waals surface area contributed by atoms with E-state index in [0.29, 0.717) is 61.9 Å². The quantitative estimate of drug-likeness (QED) is 0.185. The number of hydrogen-bond acceptors (Lipinski definition) is 14. The topological polar surface area (TPSA) is 170 Å². The van der Waals surface area contributed by atoms with Crippen LogP contribution in [0.2, 0.25) is 0 Å². The third-order valence-electron chi connectivity index (χ3n) is 15.5. The van der Waals surface area contributed by atoms with E-state index in [2.05, 4.69) is 32.1 Å². The Bertz CT molecular complexity index is 1770. The molecule has 0 aromatic heterocycles. The van der Waals surface area contributed by atoms with E-state index >= 15 is 0 Å². The zero-order chi connectivity index (χ0) is 47.3. The highest BCUT2D eigenvalue weighted by atomic mass is 16.7. The van der Waals surface area contributed by atoms with Crippen LogP contribution in [0.5, 0.6) is 0 Å². The summed E-state index contributed by atoms with van der Waals surface area (Å²) in [5.41, 5.74) is 0.271. The van der Waals surface area contributed by atoms with Gasteiger partial charge in [-0.25, -0.2) is 0 Å². The largest absolute Gasteiger partial charge is 0.462 e. The minimum absolute atomic E-state index is 0.0585. The van der Waals surface area contributed by atoms with Crippen LogP contribution in [0.25, 0.3) is 0 Å². The molecule has 18 atom stereocenters. The van der Waals surface area contributed by atoms with Crippen LogP contribution in [0.4, 0.5) is 0 Å². The van der Waals surface area contributed by atoms with Gasteiger partial charge in [0.2, 0.25) is 0 Å². The van der Waals surface area contributed by atoms with E-state index in [4.69, 9.17) is 47.4 Å². The summed E-state index contributed by atoms with van der Waals surface area (Å²) in [5.74, 6) is -1.30. The number of aliphatic hydroxyl groups excluding tert-OH is 2. The SMILES string of the molecule is CO[C@H]1CC(O[C@H]2[C@H](C)O[C@@](C)(OC3/C(C)=C/C[C@@H]4C[C@@H](CCO4)OC(=O)[C@@H]4C=C(C)[C@@H](O)[C@H]5OC/C(=C\C=C\[C@@H]3C)C54O)C[C@@H]2OC)O[C@@H](C)[C@@H]1O.C[C@H]1C=CCO[C@@H]1C1CCCCC1. The predicted molar refractivity (Wildman–Crippen MR) is 246 cm³/mol. The molecular formula is C52H80O14. The maximum absolute atomic E-state index is 13.7. The second-order valence-corrected chi connectivity index (χ2v) is 20.4. The maximum Gasteiger partial charge on any atom is 0.316 e. The van der Waals surface area contributed by atoms with E-state index in [1.807, 2.05) is 32.9 Å². The highest BCUT2D eigenvalue weighted by molar-refractivity contribution is 5.78. The smallest absolute Gasteiger partial charge is 0.316 e. The molecule has 1 saturated carbocycles. The van der Waals surface area contributed by atoms with E-state index in [0.717, 1.165) is 18.1 Å². The van der Waals surface area contributed by atoms with Crippen LogP contribution in [-0.4, -0.2) is 146 Å². The molecule has 0 aromatic carbocycles. The minimum Gasteiger partial charge on any atom is -0.462 e. The molecule has 8 rings (SSSR count). The summed E-state index contributed by atoms with van der Waals surface area (Å²) in [7, 11) is 3.22. The molecule has 0 amide bonds. The Balaban J connectivity index is 0.000000425. The van der Waals surface area contributed by atoms with Gasteiger partial charge in [-0.15, -0.1) is 0 Å². The first kappa shape index (κ1) is 51.5. The van der Waals surface area contributed by atoms with Crippen molar-refractivity contribution in [2.24, 2.45) is 23.7 Å². The third-order valence-corrected chi connectivity index (χ3v) is 15.5. The van der Waals surface area contributed by atoms with Gasteiger partial charge < -0.3 is 62.7 Å². The van der Waals surface area contributed by atoms with Crippen LogP contribution in [0.1, 0.15) is 113 Å². The molecule has 6 heterocycles. The molecule has 6 aliphatic heterocycles. The zero-order valence-corrected chi connectivity index (χ0v) is 40.9. The van der Waals surface area contributed by atoms with Crippen molar-refractivity contribution in [2.45, 2.75) is 204 Å². The first-order valence-electron chi connectivity index (χ1n) is 24.8. The molecule has 14 nitrogen and oxygen atoms in total.